The predicted molar refractivity (Wildman–Crippen MR) is 120 cm³/mol. The molecule has 5 rings (SSSR count). The zero-order valence-corrected chi connectivity index (χ0v) is 18.6. The van der Waals surface area contributed by atoms with Gasteiger partial charge in [-0.05, 0) is 49.2 Å². The standard InChI is InChI=1S/C23H27Cl2N3O2/c1-14-10-15(4-5-26-14)22-17(13-27-16-2-3-18(24)19(25)11-16)21-12-20(23(22)30-21)28-6-8-29-9-7-28/h2-5,10-11,17,20-23,27H,6-9,12-13H2,1H3/t17-,20+,21?,22?,23?/m0/s1. The first-order chi connectivity index (χ1) is 14.6. The van der Waals surface area contributed by atoms with Gasteiger partial charge in [0.1, 0.15) is 0 Å². The van der Waals surface area contributed by atoms with E-state index in [1.807, 2.05) is 24.4 Å². The summed E-state index contributed by atoms with van der Waals surface area (Å²) in [5.41, 5.74) is 3.37. The van der Waals surface area contributed by atoms with Crippen LogP contribution in [0.25, 0.3) is 0 Å². The zero-order valence-electron chi connectivity index (χ0n) is 17.1. The Bertz CT molecular complexity index is 906. The van der Waals surface area contributed by atoms with Crippen LogP contribution in [0.15, 0.2) is 36.5 Å². The van der Waals surface area contributed by atoms with Crippen molar-refractivity contribution in [2.75, 3.05) is 38.2 Å². The van der Waals surface area contributed by atoms with E-state index in [4.69, 9.17) is 32.7 Å². The molecule has 1 N–H and O–H groups in total. The van der Waals surface area contributed by atoms with E-state index in [1.54, 1.807) is 0 Å². The lowest BCUT2D eigenvalue weighted by Crippen LogP contribution is -2.51. The van der Waals surface area contributed by atoms with Crippen molar-refractivity contribution in [2.45, 2.75) is 37.5 Å². The molecular weight excluding hydrogens is 421 g/mol. The second kappa shape index (κ2) is 8.64. The molecule has 30 heavy (non-hydrogen) atoms. The zero-order chi connectivity index (χ0) is 20.7. The molecule has 3 saturated heterocycles. The Kier molecular flexibility index (Phi) is 5.91. The summed E-state index contributed by atoms with van der Waals surface area (Å²) in [5, 5.41) is 4.72. The highest BCUT2D eigenvalue weighted by atomic mass is 35.5. The summed E-state index contributed by atoms with van der Waals surface area (Å²) in [6.07, 6.45) is 3.45. The molecular formula is C23H27Cl2N3O2. The summed E-state index contributed by atoms with van der Waals surface area (Å²) in [4.78, 5) is 6.98. The first-order valence-electron chi connectivity index (χ1n) is 10.7. The number of morpholine rings is 1. The van der Waals surface area contributed by atoms with Crippen molar-refractivity contribution in [2.24, 2.45) is 5.92 Å². The minimum atomic E-state index is 0.204. The van der Waals surface area contributed by atoms with E-state index in [0.29, 0.717) is 27.9 Å². The number of aromatic nitrogens is 1. The van der Waals surface area contributed by atoms with Gasteiger partial charge in [-0.15, -0.1) is 0 Å². The van der Waals surface area contributed by atoms with Gasteiger partial charge in [0, 0.05) is 55.1 Å². The summed E-state index contributed by atoms with van der Waals surface area (Å²) >= 11 is 12.3. The van der Waals surface area contributed by atoms with Gasteiger partial charge in [-0.25, -0.2) is 0 Å². The third-order valence-electron chi connectivity index (χ3n) is 6.76. The smallest absolute Gasteiger partial charge is 0.0807 e. The summed E-state index contributed by atoms with van der Waals surface area (Å²) in [5.74, 6) is 0.733. The van der Waals surface area contributed by atoms with Crippen LogP contribution in [0.2, 0.25) is 10.0 Å². The fourth-order valence-electron chi connectivity index (χ4n) is 5.37. The van der Waals surface area contributed by atoms with Crippen LogP contribution in [-0.4, -0.2) is 61.0 Å². The molecule has 3 fully saturated rings. The number of halogens is 2. The lowest BCUT2D eigenvalue weighted by atomic mass is 9.73. The van der Waals surface area contributed by atoms with Gasteiger partial charge >= 0.3 is 0 Å². The van der Waals surface area contributed by atoms with Crippen LogP contribution >= 0.6 is 23.2 Å². The molecule has 0 saturated carbocycles. The molecule has 3 unspecified atom stereocenters. The molecule has 1 aromatic heterocycles. The molecule has 0 aliphatic carbocycles. The lowest BCUT2D eigenvalue weighted by Gasteiger charge is -2.40. The molecule has 5 atom stereocenters. The Balaban J connectivity index is 1.38. The number of nitrogens with zero attached hydrogens (tertiary/aromatic N) is 2. The fraction of sp³-hybridized carbons (Fsp3) is 0.522. The minimum Gasteiger partial charge on any atom is -0.385 e. The average Bonchev–Trinajstić information content (AvgIpc) is 3.34. The van der Waals surface area contributed by atoms with E-state index in [2.05, 4.69) is 34.3 Å². The van der Waals surface area contributed by atoms with Crippen molar-refractivity contribution in [3.8, 4) is 0 Å². The molecule has 160 valence electrons. The van der Waals surface area contributed by atoms with Gasteiger partial charge in [0.25, 0.3) is 0 Å². The maximum absolute atomic E-state index is 6.60. The fourth-order valence-corrected chi connectivity index (χ4v) is 5.67. The van der Waals surface area contributed by atoms with E-state index >= 15 is 0 Å². The molecule has 7 heteroatoms. The molecule has 4 heterocycles. The lowest BCUT2D eigenvalue weighted by molar-refractivity contribution is -0.00599. The SMILES string of the molecule is Cc1cc(C2C3OC(C[C@H]3N3CCOCC3)[C@@H]2CNc2ccc(Cl)c(Cl)c2)ccn1. The van der Waals surface area contributed by atoms with Crippen molar-refractivity contribution in [1.29, 1.82) is 0 Å². The molecule has 3 aliphatic heterocycles. The summed E-state index contributed by atoms with van der Waals surface area (Å²) < 4.78 is 12.2. The first kappa shape index (κ1) is 20.5. The van der Waals surface area contributed by atoms with Crippen LogP contribution in [0.5, 0.6) is 0 Å². The summed E-state index contributed by atoms with van der Waals surface area (Å²) in [6, 6.07) is 10.5. The highest BCUT2D eigenvalue weighted by molar-refractivity contribution is 6.42. The molecule has 5 nitrogen and oxygen atoms in total. The van der Waals surface area contributed by atoms with E-state index in [1.165, 1.54) is 5.56 Å². The first-order valence-corrected chi connectivity index (χ1v) is 11.4. The van der Waals surface area contributed by atoms with Crippen LogP contribution < -0.4 is 5.32 Å². The molecule has 2 aromatic rings. The van der Waals surface area contributed by atoms with Gasteiger partial charge in [0.2, 0.25) is 0 Å². The molecule has 0 amide bonds. The Hall–Kier alpha value is -1.37. The molecule has 0 radical (unpaired) electrons. The highest BCUT2D eigenvalue weighted by Gasteiger charge is 2.55. The van der Waals surface area contributed by atoms with Gasteiger partial charge in [0.05, 0.1) is 35.5 Å². The summed E-state index contributed by atoms with van der Waals surface area (Å²) in [7, 11) is 0. The van der Waals surface area contributed by atoms with Crippen LogP contribution in [0.4, 0.5) is 5.69 Å². The second-order valence-electron chi connectivity index (χ2n) is 8.52. The number of fused-ring (bicyclic) bond motifs is 2. The van der Waals surface area contributed by atoms with Crippen molar-refractivity contribution < 1.29 is 9.47 Å². The second-order valence-corrected chi connectivity index (χ2v) is 9.33. The number of nitrogens with one attached hydrogen (secondary N) is 1. The van der Waals surface area contributed by atoms with Gasteiger partial charge in [0.15, 0.2) is 0 Å². The van der Waals surface area contributed by atoms with Crippen LogP contribution in [0.3, 0.4) is 0 Å². The van der Waals surface area contributed by atoms with Gasteiger partial charge in [-0.3, -0.25) is 9.88 Å². The van der Waals surface area contributed by atoms with Gasteiger partial charge in [-0.2, -0.15) is 0 Å². The number of hydrogen-bond donors (Lipinski definition) is 1. The molecule has 0 spiro atoms. The predicted octanol–water partition coefficient (Wildman–Crippen LogP) is 4.38. The van der Waals surface area contributed by atoms with E-state index in [0.717, 1.165) is 50.7 Å². The van der Waals surface area contributed by atoms with E-state index in [9.17, 15) is 0 Å². The molecule has 2 bridgehead atoms. The monoisotopic (exact) mass is 447 g/mol. The number of aryl methyl sites for hydroxylation is 1. The quantitative estimate of drug-likeness (QED) is 0.736. The van der Waals surface area contributed by atoms with Crippen molar-refractivity contribution in [1.82, 2.24) is 9.88 Å². The largest absolute Gasteiger partial charge is 0.385 e. The van der Waals surface area contributed by atoms with Crippen LogP contribution in [0, 0.1) is 12.8 Å². The number of anilines is 1. The third kappa shape index (κ3) is 3.94. The number of hydrogen-bond acceptors (Lipinski definition) is 5. The maximum Gasteiger partial charge on any atom is 0.0807 e. The van der Waals surface area contributed by atoms with Crippen molar-refractivity contribution >= 4 is 28.9 Å². The van der Waals surface area contributed by atoms with Crippen molar-refractivity contribution in [3.05, 3.63) is 57.8 Å². The van der Waals surface area contributed by atoms with Crippen LogP contribution in [0.1, 0.15) is 23.6 Å². The van der Waals surface area contributed by atoms with E-state index in [-0.39, 0.29) is 12.2 Å². The van der Waals surface area contributed by atoms with Gasteiger partial charge < -0.3 is 14.8 Å². The number of rotatable bonds is 5. The molecule has 3 aliphatic rings. The Labute approximate surface area is 187 Å². The molecule has 1 aromatic carbocycles. The number of ether oxygens (including phenoxy) is 2. The summed E-state index contributed by atoms with van der Waals surface area (Å²) in [6.45, 7) is 6.50. The minimum absolute atomic E-state index is 0.204. The third-order valence-corrected chi connectivity index (χ3v) is 7.50. The topological polar surface area (TPSA) is 46.6 Å². The Morgan fingerprint density at radius 1 is 1.13 bits per heavy atom. The van der Waals surface area contributed by atoms with Gasteiger partial charge in [-0.1, -0.05) is 23.2 Å². The number of benzene rings is 1. The van der Waals surface area contributed by atoms with Crippen LogP contribution in [-0.2, 0) is 9.47 Å². The maximum atomic E-state index is 6.60. The Morgan fingerprint density at radius 3 is 2.73 bits per heavy atom. The average molecular weight is 448 g/mol. The van der Waals surface area contributed by atoms with E-state index < -0.39 is 0 Å². The highest BCUT2D eigenvalue weighted by Crippen LogP contribution is 2.50. The Morgan fingerprint density at radius 2 is 1.97 bits per heavy atom. The number of pyridine rings is 1. The van der Waals surface area contributed by atoms with Crippen molar-refractivity contribution in [3.63, 3.8) is 0 Å². The normalized spacial score (nSPS) is 31.2.